The summed E-state index contributed by atoms with van der Waals surface area (Å²) in [6, 6.07) is 3.51. The molecule has 0 radical (unpaired) electrons. The summed E-state index contributed by atoms with van der Waals surface area (Å²) < 4.78 is 10.5. The van der Waals surface area contributed by atoms with Crippen LogP contribution in [0.25, 0.3) is 0 Å². The summed E-state index contributed by atoms with van der Waals surface area (Å²) in [5.74, 6) is 1.19. The first-order valence-corrected chi connectivity index (χ1v) is 7.49. The van der Waals surface area contributed by atoms with E-state index in [0.717, 1.165) is 18.4 Å². The zero-order chi connectivity index (χ0) is 14.8. The lowest BCUT2D eigenvalue weighted by atomic mass is 9.70. The normalized spacial score (nSPS) is 19.4. The third kappa shape index (κ3) is 2.89. The molecule has 0 bridgehead atoms. The molecule has 2 rings (SSSR count). The second kappa shape index (κ2) is 6.23. The van der Waals surface area contributed by atoms with Gasteiger partial charge in [-0.2, -0.15) is 0 Å². The molecular weight excluding hydrogens is 276 g/mol. The van der Waals surface area contributed by atoms with Crippen LogP contribution in [0.3, 0.4) is 0 Å². The molecule has 4 heteroatoms. The summed E-state index contributed by atoms with van der Waals surface area (Å²) in [5.41, 5.74) is 0.621. The number of rotatable bonds is 4. The zero-order valence-corrected chi connectivity index (χ0v) is 13.2. The first-order valence-electron chi connectivity index (χ1n) is 7.11. The van der Waals surface area contributed by atoms with E-state index in [4.69, 9.17) is 21.1 Å². The first-order chi connectivity index (χ1) is 9.51. The van der Waals surface area contributed by atoms with Crippen LogP contribution in [0.2, 0.25) is 5.02 Å². The summed E-state index contributed by atoms with van der Waals surface area (Å²) in [4.78, 5) is 0. The predicted octanol–water partition coefficient (Wildman–Crippen LogP) is 4.36. The van der Waals surface area contributed by atoms with Gasteiger partial charge in [-0.25, -0.2) is 0 Å². The largest absolute Gasteiger partial charge is 0.493 e. The second-order valence-corrected chi connectivity index (χ2v) is 6.25. The Bertz CT molecular complexity index is 467. The molecule has 1 aliphatic carbocycles. The molecule has 0 saturated heterocycles. The average Bonchev–Trinajstić information content (AvgIpc) is 2.47. The van der Waals surface area contributed by atoms with Crippen molar-refractivity contribution in [1.82, 2.24) is 0 Å². The molecule has 0 heterocycles. The van der Waals surface area contributed by atoms with Crippen LogP contribution in [0, 0.1) is 5.41 Å². The Labute approximate surface area is 125 Å². The molecule has 0 aliphatic heterocycles. The van der Waals surface area contributed by atoms with E-state index < -0.39 is 6.10 Å². The standard InChI is InChI=1S/C16H23ClO3/c1-16(7-5-4-6-8-16)15(18)11-9-13(19-2)14(20-3)10-12(11)17/h9-10,15,18H,4-8H2,1-3H3. The minimum atomic E-state index is -0.574. The van der Waals surface area contributed by atoms with E-state index in [0.29, 0.717) is 16.5 Å². The Kier molecular flexibility index (Phi) is 4.82. The maximum absolute atomic E-state index is 10.8. The lowest BCUT2D eigenvalue weighted by Gasteiger charge is -2.38. The van der Waals surface area contributed by atoms with Gasteiger partial charge in [0.2, 0.25) is 0 Å². The van der Waals surface area contributed by atoms with Crippen molar-refractivity contribution in [2.45, 2.75) is 45.1 Å². The van der Waals surface area contributed by atoms with Crippen molar-refractivity contribution in [1.29, 1.82) is 0 Å². The summed E-state index contributed by atoms with van der Waals surface area (Å²) >= 11 is 6.32. The van der Waals surface area contributed by atoms with Crippen LogP contribution in [-0.4, -0.2) is 19.3 Å². The van der Waals surface area contributed by atoms with Gasteiger partial charge >= 0.3 is 0 Å². The van der Waals surface area contributed by atoms with Crippen molar-refractivity contribution >= 4 is 11.6 Å². The minimum absolute atomic E-state index is 0.110. The van der Waals surface area contributed by atoms with Gasteiger partial charge in [-0.1, -0.05) is 37.8 Å². The van der Waals surface area contributed by atoms with E-state index in [1.54, 1.807) is 26.4 Å². The van der Waals surface area contributed by atoms with Crippen LogP contribution in [0.15, 0.2) is 12.1 Å². The first kappa shape index (κ1) is 15.5. The summed E-state index contributed by atoms with van der Waals surface area (Å²) in [6.45, 7) is 2.14. The van der Waals surface area contributed by atoms with Crippen LogP contribution in [0.5, 0.6) is 11.5 Å². The molecule has 3 nitrogen and oxygen atoms in total. The highest BCUT2D eigenvalue weighted by atomic mass is 35.5. The Morgan fingerprint density at radius 1 is 1.10 bits per heavy atom. The second-order valence-electron chi connectivity index (χ2n) is 5.85. The monoisotopic (exact) mass is 298 g/mol. The fourth-order valence-corrected chi connectivity index (χ4v) is 3.34. The van der Waals surface area contributed by atoms with Gasteiger partial charge in [0, 0.05) is 11.6 Å². The molecule has 1 aromatic carbocycles. The van der Waals surface area contributed by atoms with Crippen molar-refractivity contribution in [2.75, 3.05) is 14.2 Å². The molecule has 0 aromatic heterocycles. The summed E-state index contributed by atoms with van der Waals surface area (Å²) in [6.07, 6.45) is 5.06. The Balaban J connectivity index is 2.36. The fraction of sp³-hybridized carbons (Fsp3) is 0.625. The van der Waals surface area contributed by atoms with E-state index >= 15 is 0 Å². The molecule has 1 saturated carbocycles. The number of hydrogen-bond donors (Lipinski definition) is 1. The maximum Gasteiger partial charge on any atom is 0.162 e. The average molecular weight is 299 g/mol. The summed E-state index contributed by atoms with van der Waals surface area (Å²) in [7, 11) is 3.16. The molecule has 1 N–H and O–H groups in total. The van der Waals surface area contributed by atoms with Gasteiger partial charge < -0.3 is 14.6 Å². The van der Waals surface area contributed by atoms with Crippen LogP contribution in [0.4, 0.5) is 0 Å². The van der Waals surface area contributed by atoms with Crippen molar-refractivity contribution in [3.8, 4) is 11.5 Å². The van der Waals surface area contributed by atoms with Crippen molar-refractivity contribution in [2.24, 2.45) is 5.41 Å². The van der Waals surface area contributed by atoms with Crippen LogP contribution in [-0.2, 0) is 0 Å². The third-order valence-corrected chi connectivity index (χ3v) is 4.78. The highest BCUT2D eigenvalue weighted by molar-refractivity contribution is 6.31. The Morgan fingerprint density at radius 2 is 1.65 bits per heavy atom. The SMILES string of the molecule is COc1cc(Cl)c(C(O)C2(C)CCCCC2)cc1OC. The fourth-order valence-electron chi connectivity index (χ4n) is 3.09. The van der Waals surface area contributed by atoms with Gasteiger partial charge in [-0.3, -0.25) is 0 Å². The highest BCUT2D eigenvalue weighted by Crippen LogP contribution is 2.48. The Morgan fingerprint density at radius 3 is 2.20 bits per heavy atom. The van der Waals surface area contributed by atoms with Gasteiger partial charge in [0.1, 0.15) is 0 Å². The topological polar surface area (TPSA) is 38.7 Å². The van der Waals surface area contributed by atoms with E-state index in [-0.39, 0.29) is 5.41 Å². The molecule has 20 heavy (non-hydrogen) atoms. The van der Waals surface area contributed by atoms with E-state index in [1.165, 1.54) is 19.3 Å². The van der Waals surface area contributed by atoms with E-state index in [1.807, 2.05) is 0 Å². The number of aliphatic hydroxyl groups is 1. The number of methoxy groups -OCH3 is 2. The molecule has 1 aliphatic rings. The molecule has 1 fully saturated rings. The molecule has 1 atom stereocenters. The number of aliphatic hydroxyl groups excluding tert-OH is 1. The number of benzene rings is 1. The van der Waals surface area contributed by atoms with Gasteiger partial charge in [-0.05, 0) is 24.3 Å². The molecule has 0 spiro atoms. The lowest BCUT2D eigenvalue weighted by molar-refractivity contribution is 0.00810. The predicted molar refractivity (Wildman–Crippen MR) is 80.7 cm³/mol. The van der Waals surface area contributed by atoms with Gasteiger partial charge in [0.05, 0.1) is 25.3 Å². The highest BCUT2D eigenvalue weighted by Gasteiger charge is 2.36. The number of halogens is 1. The van der Waals surface area contributed by atoms with Gasteiger partial charge in [0.15, 0.2) is 11.5 Å². The zero-order valence-electron chi connectivity index (χ0n) is 12.4. The lowest BCUT2D eigenvalue weighted by Crippen LogP contribution is -2.28. The van der Waals surface area contributed by atoms with Crippen molar-refractivity contribution < 1.29 is 14.6 Å². The molecule has 1 unspecified atom stereocenters. The van der Waals surface area contributed by atoms with E-state index in [9.17, 15) is 5.11 Å². The third-order valence-electron chi connectivity index (χ3n) is 4.45. The van der Waals surface area contributed by atoms with Crippen LogP contribution < -0.4 is 9.47 Å². The van der Waals surface area contributed by atoms with Gasteiger partial charge in [0.25, 0.3) is 0 Å². The smallest absolute Gasteiger partial charge is 0.162 e. The molecule has 0 amide bonds. The van der Waals surface area contributed by atoms with Gasteiger partial charge in [-0.15, -0.1) is 0 Å². The van der Waals surface area contributed by atoms with Crippen molar-refractivity contribution in [3.63, 3.8) is 0 Å². The number of hydrogen-bond acceptors (Lipinski definition) is 3. The molecule has 1 aromatic rings. The number of ether oxygens (including phenoxy) is 2. The quantitative estimate of drug-likeness (QED) is 0.897. The molecule has 112 valence electrons. The van der Waals surface area contributed by atoms with Crippen LogP contribution >= 0.6 is 11.6 Å². The van der Waals surface area contributed by atoms with E-state index in [2.05, 4.69) is 6.92 Å². The summed E-state index contributed by atoms with van der Waals surface area (Å²) in [5, 5.41) is 11.3. The Hall–Kier alpha value is -0.930. The maximum atomic E-state index is 10.8. The van der Waals surface area contributed by atoms with Crippen LogP contribution in [0.1, 0.15) is 50.7 Å². The minimum Gasteiger partial charge on any atom is -0.493 e. The van der Waals surface area contributed by atoms with Crippen molar-refractivity contribution in [3.05, 3.63) is 22.7 Å². The molecular formula is C16H23ClO3.